The minimum Gasteiger partial charge on any atom is -0.478 e. The highest BCUT2D eigenvalue weighted by Crippen LogP contribution is 2.23. The zero-order valence-electron chi connectivity index (χ0n) is 9.73. The van der Waals surface area contributed by atoms with Gasteiger partial charge in [-0.1, -0.05) is 30.3 Å². The number of nitrogens with one attached hydrogen (secondary N) is 1. The Morgan fingerprint density at radius 3 is 2.76 bits per heavy atom. The fraction of sp³-hybridized carbons (Fsp3) is 0.357. The Labute approximate surface area is 101 Å². The molecular formula is C14H17NO2. The van der Waals surface area contributed by atoms with E-state index in [1.54, 1.807) is 6.08 Å². The molecule has 3 heteroatoms. The molecule has 0 radical (unpaired) electrons. The van der Waals surface area contributed by atoms with Gasteiger partial charge in [-0.3, -0.25) is 0 Å². The predicted molar refractivity (Wildman–Crippen MR) is 66.9 cm³/mol. The van der Waals surface area contributed by atoms with Crippen molar-refractivity contribution < 1.29 is 9.90 Å². The van der Waals surface area contributed by atoms with Gasteiger partial charge in [-0.25, -0.2) is 4.79 Å². The molecule has 0 aliphatic carbocycles. The Morgan fingerprint density at radius 2 is 2.18 bits per heavy atom. The number of hydrogen-bond acceptors (Lipinski definition) is 2. The maximum atomic E-state index is 10.3. The van der Waals surface area contributed by atoms with E-state index in [-0.39, 0.29) is 0 Å². The van der Waals surface area contributed by atoms with Crippen LogP contribution in [0.2, 0.25) is 0 Å². The Balaban J connectivity index is 1.95. The molecule has 1 aliphatic heterocycles. The van der Waals surface area contributed by atoms with Gasteiger partial charge in [-0.2, -0.15) is 0 Å². The smallest absolute Gasteiger partial charge is 0.327 e. The highest BCUT2D eigenvalue weighted by atomic mass is 16.4. The molecule has 0 amide bonds. The molecule has 1 saturated heterocycles. The topological polar surface area (TPSA) is 49.3 Å². The third-order valence-electron chi connectivity index (χ3n) is 3.06. The number of hydrogen-bond donors (Lipinski definition) is 2. The summed E-state index contributed by atoms with van der Waals surface area (Å²) >= 11 is 0. The highest BCUT2D eigenvalue weighted by molar-refractivity contribution is 5.79. The Bertz CT molecular complexity index is 403. The van der Waals surface area contributed by atoms with Crippen LogP contribution in [-0.4, -0.2) is 17.6 Å². The second-order valence-electron chi connectivity index (χ2n) is 4.34. The summed E-state index contributed by atoms with van der Waals surface area (Å²) in [6, 6.07) is 8.90. The lowest BCUT2D eigenvalue weighted by Gasteiger charge is -2.10. The molecule has 1 heterocycles. The van der Waals surface area contributed by atoms with E-state index in [2.05, 4.69) is 29.6 Å². The van der Waals surface area contributed by atoms with Crippen LogP contribution >= 0.6 is 0 Å². The van der Waals surface area contributed by atoms with E-state index < -0.39 is 5.97 Å². The molecule has 90 valence electrons. The van der Waals surface area contributed by atoms with Crippen LogP contribution in [0, 0.1) is 0 Å². The zero-order valence-corrected chi connectivity index (χ0v) is 9.73. The third kappa shape index (κ3) is 3.43. The maximum absolute atomic E-state index is 10.3. The van der Waals surface area contributed by atoms with Crippen LogP contribution in [0.1, 0.15) is 30.0 Å². The van der Waals surface area contributed by atoms with Gasteiger partial charge in [0.1, 0.15) is 0 Å². The first kappa shape index (κ1) is 11.9. The number of aliphatic carboxylic acids is 1. The normalized spacial score (nSPS) is 19.9. The molecule has 0 aromatic heterocycles. The first-order valence-electron chi connectivity index (χ1n) is 5.97. The molecule has 3 nitrogen and oxygen atoms in total. The SMILES string of the molecule is O=C(O)/C=C/Cc1ccc([C@H]2CCCN2)cc1. The van der Waals surface area contributed by atoms with Crippen LogP contribution in [0.3, 0.4) is 0 Å². The average Bonchev–Trinajstić information content (AvgIpc) is 2.83. The summed E-state index contributed by atoms with van der Waals surface area (Å²) < 4.78 is 0. The van der Waals surface area contributed by atoms with Crippen molar-refractivity contribution in [1.82, 2.24) is 5.32 Å². The molecule has 0 unspecified atom stereocenters. The van der Waals surface area contributed by atoms with E-state index in [9.17, 15) is 4.79 Å². The van der Waals surface area contributed by atoms with Crippen molar-refractivity contribution >= 4 is 5.97 Å². The molecule has 0 spiro atoms. The average molecular weight is 231 g/mol. The first-order valence-corrected chi connectivity index (χ1v) is 5.97. The second kappa shape index (κ2) is 5.64. The predicted octanol–water partition coefficient (Wildman–Crippen LogP) is 2.29. The molecule has 1 fully saturated rings. The summed E-state index contributed by atoms with van der Waals surface area (Å²) in [6.45, 7) is 1.10. The van der Waals surface area contributed by atoms with Gasteiger partial charge in [0.25, 0.3) is 0 Å². The van der Waals surface area contributed by atoms with Crippen LogP contribution in [-0.2, 0) is 11.2 Å². The molecule has 2 rings (SSSR count). The van der Waals surface area contributed by atoms with E-state index in [0.717, 1.165) is 12.1 Å². The van der Waals surface area contributed by atoms with Crippen molar-refractivity contribution in [3.8, 4) is 0 Å². The number of allylic oxidation sites excluding steroid dienone is 1. The van der Waals surface area contributed by atoms with Crippen molar-refractivity contribution in [2.75, 3.05) is 6.54 Å². The van der Waals surface area contributed by atoms with E-state index in [0.29, 0.717) is 12.5 Å². The van der Waals surface area contributed by atoms with Crippen LogP contribution in [0.5, 0.6) is 0 Å². The van der Waals surface area contributed by atoms with Gasteiger partial charge >= 0.3 is 5.97 Å². The second-order valence-corrected chi connectivity index (χ2v) is 4.34. The molecule has 1 atom stereocenters. The van der Waals surface area contributed by atoms with Crippen molar-refractivity contribution in [1.29, 1.82) is 0 Å². The number of benzene rings is 1. The van der Waals surface area contributed by atoms with Gasteiger partial charge in [0, 0.05) is 12.1 Å². The third-order valence-corrected chi connectivity index (χ3v) is 3.06. The van der Waals surface area contributed by atoms with Gasteiger partial charge in [0.2, 0.25) is 0 Å². The zero-order chi connectivity index (χ0) is 12.1. The lowest BCUT2D eigenvalue weighted by atomic mass is 10.0. The summed E-state index contributed by atoms with van der Waals surface area (Å²) in [6.07, 6.45) is 5.98. The Morgan fingerprint density at radius 1 is 1.41 bits per heavy atom. The molecule has 1 aliphatic rings. The number of carboxylic acid groups (broad SMARTS) is 1. The van der Waals surface area contributed by atoms with Gasteiger partial charge in [-0.05, 0) is 36.9 Å². The maximum Gasteiger partial charge on any atom is 0.327 e. The molecule has 0 bridgehead atoms. The molecule has 1 aromatic rings. The summed E-state index contributed by atoms with van der Waals surface area (Å²) in [5.74, 6) is -0.892. The molecule has 1 aromatic carbocycles. The fourth-order valence-electron chi connectivity index (χ4n) is 2.15. The lowest BCUT2D eigenvalue weighted by Crippen LogP contribution is -2.12. The van der Waals surface area contributed by atoms with E-state index in [1.807, 2.05) is 0 Å². The summed E-state index contributed by atoms with van der Waals surface area (Å²) in [7, 11) is 0. The van der Waals surface area contributed by atoms with Gasteiger partial charge in [0.05, 0.1) is 0 Å². The number of carbonyl (C=O) groups is 1. The minimum absolute atomic E-state index is 0.499. The molecule has 2 N–H and O–H groups in total. The molecule has 0 saturated carbocycles. The number of rotatable bonds is 4. The van der Waals surface area contributed by atoms with Gasteiger partial charge in [0.15, 0.2) is 0 Å². The van der Waals surface area contributed by atoms with Crippen LogP contribution in [0.25, 0.3) is 0 Å². The molecular weight excluding hydrogens is 214 g/mol. The number of carboxylic acids is 1. The summed E-state index contributed by atoms with van der Waals surface area (Å²) in [5.41, 5.74) is 2.47. The van der Waals surface area contributed by atoms with Crippen molar-refractivity contribution in [2.24, 2.45) is 0 Å². The van der Waals surface area contributed by atoms with E-state index in [1.165, 1.54) is 24.5 Å². The van der Waals surface area contributed by atoms with Crippen LogP contribution < -0.4 is 5.32 Å². The van der Waals surface area contributed by atoms with Gasteiger partial charge < -0.3 is 10.4 Å². The largest absolute Gasteiger partial charge is 0.478 e. The Kier molecular flexibility index (Phi) is 3.94. The highest BCUT2D eigenvalue weighted by Gasteiger charge is 2.15. The minimum atomic E-state index is -0.892. The standard InChI is InChI=1S/C14H17NO2/c16-14(17)5-1-3-11-6-8-12(9-7-11)13-4-2-10-15-13/h1,5-9,13,15H,2-4,10H2,(H,16,17)/b5-1+/t13-/m1/s1. The molecule has 17 heavy (non-hydrogen) atoms. The monoisotopic (exact) mass is 231 g/mol. The van der Waals surface area contributed by atoms with Crippen molar-refractivity contribution in [3.05, 3.63) is 47.5 Å². The van der Waals surface area contributed by atoms with E-state index in [4.69, 9.17) is 5.11 Å². The van der Waals surface area contributed by atoms with Crippen molar-refractivity contribution in [2.45, 2.75) is 25.3 Å². The quantitative estimate of drug-likeness (QED) is 0.782. The van der Waals surface area contributed by atoms with Crippen LogP contribution in [0.4, 0.5) is 0 Å². The summed E-state index contributed by atoms with van der Waals surface area (Å²) in [4.78, 5) is 10.3. The fourth-order valence-corrected chi connectivity index (χ4v) is 2.15. The lowest BCUT2D eigenvalue weighted by molar-refractivity contribution is -0.131. The van der Waals surface area contributed by atoms with Gasteiger partial charge in [-0.15, -0.1) is 0 Å². The summed E-state index contributed by atoms with van der Waals surface area (Å²) in [5, 5.41) is 11.9. The van der Waals surface area contributed by atoms with E-state index >= 15 is 0 Å². The van der Waals surface area contributed by atoms with Crippen molar-refractivity contribution in [3.63, 3.8) is 0 Å². The van der Waals surface area contributed by atoms with Crippen LogP contribution in [0.15, 0.2) is 36.4 Å². The Hall–Kier alpha value is -1.61. The first-order chi connectivity index (χ1) is 8.25.